The molecular formula is C35H30BrN7O5. The lowest BCUT2D eigenvalue weighted by atomic mass is 10.1. The number of nitrogens with zero attached hydrogens (tertiary/aromatic N) is 6. The van der Waals surface area contributed by atoms with Crippen LogP contribution in [0, 0.1) is 13.5 Å². The zero-order valence-electron chi connectivity index (χ0n) is 26.1. The minimum atomic E-state index is -0.489. The molecule has 12 nitrogen and oxygen atoms in total. The quantitative estimate of drug-likeness (QED) is 0.201. The molecule has 0 radical (unpaired) electrons. The number of carbonyl (C=O) groups is 2. The third-order valence-corrected chi connectivity index (χ3v) is 9.14. The molecule has 242 valence electrons. The van der Waals surface area contributed by atoms with Crippen molar-refractivity contribution in [2.75, 3.05) is 0 Å². The maximum absolute atomic E-state index is 14.2. The van der Waals surface area contributed by atoms with Gasteiger partial charge < -0.3 is 19.4 Å². The summed E-state index contributed by atoms with van der Waals surface area (Å²) in [6.07, 6.45) is 2.24. The molecule has 3 heterocycles. The Hall–Kier alpha value is -5.48. The number of aromatic nitrogens is 4. The van der Waals surface area contributed by atoms with Gasteiger partial charge in [-0.05, 0) is 61.7 Å². The molecule has 5 aromatic rings. The van der Waals surface area contributed by atoms with E-state index in [0.717, 1.165) is 18.4 Å². The summed E-state index contributed by atoms with van der Waals surface area (Å²) in [6.45, 7) is 11.3. The fourth-order valence-electron chi connectivity index (χ4n) is 5.86. The van der Waals surface area contributed by atoms with Crippen molar-refractivity contribution in [3.63, 3.8) is 0 Å². The van der Waals surface area contributed by atoms with Gasteiger partial charge in [-0.1, -0.05) is 46.3 Å². The van der Waals surface area contributed by atoms with Crippen molar-refractivity contribution in [1.29, 1.82) is 0 Å². The summed E-state index contributed by atoms with van der Waals surface area (Å²) >= 11 is 3.35. The van der Waals surface area contributed by atoms with E-state index in [9.17, 15) is 14.4 Å². The highest BCUT2D eigenvalue weighted by molar-refractivity contribution is 9.10. The molecule has 2 aliphatic rings. The van der Waals surface area contributed by atoms with Gasteiger partial charge in [0.25, 0.3) is 11.8 Å². The predicted molar refractivity (Wildman–Crippen MR) is 179 cm³/mol. The molecule has 13 heteroatoms. The summed E-state index contributed by atoms with van der Waals surface area (Å²) in [5.41, 5.74) is 2.74. The van der Waals surface area contributed by atoms with Gasteiger partial charge in [0.05, 0.1) is 30.6 Å². The summed E-state index contributed by atoms with van der Waals surface area (Å²) in [4.78, 5) is 47.3. The monoisotopic (exact) mass is 707 g/mol. The number of halogens is 1. The average Bonchev–Trinajstić information content (AvgIpc) is 3.73. The van der Waals surface area contributed by atoms with Gasteiger partial charge in [0.1, 0.15) is 11.4 Å². The minimum Gasteiger partial charge on any atom is -0.490 e. The normalized spacial score (nSPS) is 15.5. The Morgan fingerprint density at radius 2 is 1.88 bits per heavy atom. The number of fused-ring (bicyclic) bond motifs is 1. The second-order valence-electron chi connectivity index (χ2n) is 11.9. The molecule has 1 atom stereocenters. The zero-order valence-corrected chi connectivity index (χ0v) is 27.7. The van der Waals surface area contributed by atoms with Gasteiger partial charge in [0.15, 0.2) is 0 Å². The number of carbonyl (C=O) groups excluding carboxylic acids is 2. The van der Waals surface area contributed by atoms with Gasteiger partial charge in [-0.2, -0.15) is 0 Å². The van der Waals surface area contributed by atoms with Gasteiger partial charge in [0, 0.05) is 41.7 Å². The number of imidazole rings is 1. The maximum atomic E-state index is 14.2. The zero-order chi connectivity index (χ0) is 33.5. The summed E-state index contributed by atoms with van der Waals surface area (Å²) in [7, 11) is 0. The van der Waals surface area contributed by atoms with Crippen LogP contribution < -0.4 is 15.7 Å². The van der Waals surface area contributed by atoms with Crippen molar-refractivity contribution in [1.82, 2.24) is 29.5 Å². The topological polar surface area (TPSA) is 129 Å². The van der Waals surface area contributed by atoms with E-state index in [0.29, 0.717) is 50.2 Å². The highest BCUT2D eigenvalue weighted by Crippen LogP contribution is 2.31. The van der Waals surface area contributed by atoms with E-state index in [1.807, 2.05) is 31.2 Å². The van der Waals surface area contributed by atoms with Crippen LogP contribution >= 0.6 is 15.9 Å². The van der Waals surface area contributed by atoms with Gasteiger partial charge in [-0.25, -0.2) is 9.64 Å². The summed E-state index contributed by atoms with van der Waals surface area (Å²) in [5, 5.41) is 11.1. The first kappa shape index (κ1) is 31.1. The lowest BCUT2D eigenvalue weighted by Crippen LogP contribution is -2.47. The van der Waals surface area contributed by atoms with Crippen molar-refractivity contribution in [2.45, 2.75) is 58.5 Å². The largest absolute Gasteiger partial charge is 0.490 e. The van der Waals surface area contributed by atoms with Crippen LogP contribution in [0.4, 0.5) is 5.69 Å². The fraction of sp³-hybridized carbons (Fsp3) is 0.257. The highest BCUT2D eigenvalue weighted by Gasteiger charge is 2.35. The second kappa shape index (κ2) is 12.6. The average molecular weight is 709 g/mol. The molecule has 1 aliphatic heterocycles. The van der Waals surface area contributed by atoms with Gasteiger partial charge in [-0.15, -0.1) is 10.2 Å². The molecule has 0 bridgehead atoms. The van der Waals surface area contributed by atoms with E-state index >= 15 is 0 Å². The Morgan fingerprint density at radius 1 is 1.10 bits per heavy atom. The van der Waals surface area contributed by atoms with Crippen molar-refractivity contribution in [2.24, 2.45) is 0 Å². The van der Waals surface area contributed by atoms with Crippen LogP contribution in [0.15, 0.2) is 80.4 Å². The van der Waals surface area contributed by atoms with Crippen LogP contribution in [0.1, 0.15) is 57.8 Å². The van der Waals surface area contributed by atoms with Crippen LogP contribution in [0.5, 0.6) is 5.75 Å². The standard InChI is InChI=1S/C35H30BrN7O5/c1-20-18-42-30(19-41(20)34(45)22-8-15-28(36)29(16-22)37-3)31(43(35(42)46)24-9-11-25(12-10-24)48-26-13-14-26)32(44)38-17-23-6-4-5-7-27(23)33-40-39-21(2)47-33/h4-12,15-16,20,26H,13-14,17-19H2,1-2H3,(H,38,44). The van der Waals surface area contributed by atoms with Crippen molar-refractivity contribution < 1.29 is 18.7 Å². The number of benzene rings is 3. The van der Waals surface area contributed by atoms with Crippen LogP contribution in [0.3, 0.4) is 0 Å². The van der Waals surface area contributed by atoms with Gasteiger partial charge in [-0.3, -0.25) is 18.7 Å². The number of hydrogen-bond donors (Lipinski definition) is 1. The number of rotatable bonds is 8. The Morgan fingerprint density at radius 3 is 2.58 bits per heavy atom. The maximum Gasteiger partial charge on any atom is 0.333 e. The van der Waals surface area contributed by atoms with E-state index in [4.69, 9.17) is 15.7 Å². The van der Waals surface area contributed by atoms with Crippen molar-refractivity contribution >= 4 is 33.4 Å². The van der Waals surface area contributed by atoms with Crippen LogP contribution in [0.2, 0.25) is 0 Å². The molecule has 1 aliphatic carbocycles. The smallest absolute Gasteiger partial charge is 0.333 e. The molecule has 7 rings (SSSR count). The molecule has 0 saturated heterocycles. The highest BCUT2D eigenvalue weighted by atomic mass is 79.9. The lowest BCUT2D eigenvalue weighted by molar-refractivity contribution is 0.0610. The molecule has 2 amide bonds. The van der Waals surface area contributed by atoms with Crippen molar-refractivity contribution in [3.05, 3.63) is 122 Å². The van der Waals surface area contributed by atoms with E-state index in [-0.39, 0.29) is 49.1 Å². The fourth-order valence-corrected chi connectivity index (χ4v) is 6.19. The van der Waals surface area contributed by atoms with Crippen LogP contribution in [-0.2, 0) is 19.6 Å². The number of nitrogens with one attached hydrogen (secondary N) is 1. The van der Waals surface area contributed by atoms with E-state index in [2.05, 4.69) is 36.3 Å². The molecule has 2 aromatic heterocycles. The summed E-state index contributed by atoms with van der Waals surface area (Å²) < 4.78 is 15.1. The Kier molecular flexibility index (Phi) is 8.18. The first-order chi connectivity index (χ1) is 23.2. The van der Waals surface area contributed by atoms with Crippen LogP contribution in [-0.4, -0.2) is 48.2 Å². The SMILES string of the molecule is [C-]#[N+]c1cc(C(=O)N2Cc3c(C(=O)NCc4ccccc4-c4nnc(C)o4)n(-c4ccc(OC5CC5)cc4)c(=O)n3CC2C)ccc1Br. The van der Waals surface area contributed by atoms with Crippen molar-refractivity contribution in [3.8, 4) is 22.9 Å². The first-order valence-corrected chi connectivity index (χ1v) is 16.3. The van der Waals surface area contributed by atoms with E-state index in [1.165, 1.54) is 4.57 Å². The molecule has 1 fully saturated rings. The molecule has 1 N–H and O–H groups in total. The second-order valence-corrected chi connectivity index (χ2v) is 12.7. The predicted octanol–water partition coefficient (Wildman–Crippen LogP) is 5.83. The Labute approximate surface area is 283 Å². The van der Waals surface area contributed by atoms with Gasteiger partial charge in [0.2, 0.25) is 17.5 Å². The molecular weight excluding hydrogens is 678 g/mol. The lowest BCUT2D eigenvalue weighted by Gasteiger charge is -2.34. The third-order valence-electron chi connectivity index (χ3n) is 8.47. The number of hydrogen-bond acceptors (Lipinski definition) is 7. The Balaban J connectivity index is 1.26. The Bertz CT molecular complexity index is 2160. The summed E-state index contributed by atoms with van der Waals surface area (Å²) in [6, 6.07) is 19.0. The van der Waals surface area contributed by atoms with E-state index < -0.39 is 5.91 Å². The first-order valence-electron chi connectivity index (χ1n) is 15.5. The molecule has 3 aromatic carbocycles. The summed E-state index contributed by atoms with van der Waals surface area (Å²) in [5.74, 6) is 0.653. The molecule has 1 unspecified atom stereocenters. The molecule has 0 spiro atoms. The molecule has 1 saturated carbocycles. The third kappa shape index (κ3) is 5.91. The van der Waals surface area contributed by atoms with E-state index in [1.54, 1.807) is 58.9 Å². The minimum absolute atomic E-state index is 0.00906. The van der Waals surface area contributed by atoms with Crippen LogP contribution in [0.25, 0.3) is 22.0 Å². The number of aryl methyl sites for hydroxylation is 1. The van der Waals surface area contributed by atoms with Gasteiger partial charge >= 0.3 is 5.69 Å². The number of ether oxygens (including phenoxy) is 1. The molecule has 48 heavy (non-hydrogen) atoms. The number of amides is 2.